The van der Waals surface area contributed by atoms with Gasteiger partial charge in [0.15, 0.2) is 0 Å². The van der Waals surface area contributed by atoms with E-state index < -0.39 is 5.97 Å². The van der Waals surface area contributed by atoms with E-state index in [-0.39, 0.29) is 49.4 Å². The second-order valence-electron chi connectivity index (χ2n) is 1.28. The Balaban J connectivity index is 0.000000640. The SMILES string of the molecule is O=C(O)c1cccs1.[Eu]. The van der Waals surface area contributed by atoms with Crippen molar-refractivity contribution in [2.24, 2.45) is 0 Å². The van der Waals surface area contributed by atoms with Crippen molar-refractivity contribution in [3.63, 3.8) is 0 Å². The van der Waals surface area contributed by atoms with Gasteiger partial charge in [0.2, 0.25) is 0 Å². The smallest absolute Gasteiger partial charge is 0.345 e. The summed E-state index contributed by atoms with van der Waals surface area (Å²) < 4.78 is 0. The predicted molar refractivity (Wildman–Crippen MR) is 31.3 cm³/mol. The maximum atomic E-state index is 10.1. The van der Waals surface area contributed by atoms with Gasteiger partial charge in [-0.15, -0.1) is 11.3 Å². The maximum Gasteiger partial charge on any atom is 0.345 e. The van der Waals surface area contributed by atoms with Gasteiger partial charge in [-0.25, -0.2) is 4.79 Å². The topological polar surface area (TPSA) is 37.3 Å². The minimum Gasteiger partial charge on any atom is -0.477 e. The Kier molecular flexibility index (Phi) is 4.93. The molecule has 0 aliphatic heterocycles. The van der Waals surface area contributed by atoms with Crippen molar-refractivity contribution < 1.29 is 59.3 Å². The summed E-state index contributed by atoms with van der Waals surface area (Å²) in [5, 5.41) is 10.0. The second kappa shape index (κ2) is 4.55. The molecule has 9 heavy (non-hydrogen) atoms. The Morgan fingerprint density at radius 3 is 2.56 bits per heavy atom. The summed E-state index contributed by atoms with van der Waals surface area (Å²) in [4.78, 5) is 10.5. The molecular formula is C5H4EuO2S. The van der Waals surface area contributed by atoms with Gasteiger partial charge in [0.1, 0.15) is 4.88 Å². The molecule has 0 spiro atoms. The summed E-state index contributed by atoms with van der Waals surface area (Å²) in [6, 6.07) is 3.29. The van der Waals surface area contributed by atoms with Crippen LogP contribution >= 0.6 is 11.3 Å². The van der Waals surface area contributed by atoms with Gasteiger partial charge >= 0.3 is 5.97 Å². The fraction of sp³-hybridized carbons (Fsp3) is 0. The van der Waals surface area contributed by atoms with Crippen molar-refractivity contribution >= 4 is 17.3 Å². The predicted octanol–water partition coefficient (Wildman–Crippen LogP) is 1.45. The van der Waals surface area contributed by atoms with Gasteiger partial charge in [-0.3, -0.25) is 0 Å². The van der Waals surface area contributed by atoms with Crippen LogP contribution in [0.25, 0.3) is 0 Å². The van der Waals surface area contributed by atoms with Crippen LogP contribution in [0.3, 0.4) is 0 Å². The van der Waals surface area contributed by atoms with Crippen molar-refractivity contribution in [2.75, 3.05) is 0 Å². The van der Waals surface area contributed by atoms with E-state index in [0.29, 0.717) is 4.88 Å². The normalized spacial score (nSPS) is 8.00. The number of rotatable bonds is 1. The summed E-state index contributed by atoms with van der Waals surface area (Å²) in [6.07, 6.45) is 0. The third-order valence-electron chi connectivity index (χ3n) is 0.732. The number of aromatic carboxylic acids is 1. The fourth-order valence-corrected chi connectivity index (χ4v) is 0.962. The molecule has 1 N–H and O–H groups in total. The van der Waals surface area contributed by atoms with Crippen molar-refractivity contribution in [1.29, 1.82) is 0 Å². The quantitative estimate of drug-likeness (QED) is 0.845. The van der Waals surface area contributed by atoms with Gasteiger partial charge in [0.05, 0.1) is 0 Å². The molecule has 1 radical (unpaired) electrons. The summed E-state index contributed by atoms with van der Waals surface area (Å²) in [7, 11) is 0. The monoisotopic (exact) mass is 281 g/mol. The largest absolute Gasteiger partial charge is 0.477 e. The Hall–Kier alpha value is 0.754. The molecular weight excluding hydrogens is 276 g/mol. The van der Waals surface area contributed by atoms with Crippen LogP contribution in [0.2, 0.25) is 0 Å². The minimum atomic E-state index is -0.847. The summed E-state index contributed by atoms with van der Waals surface area (Å²) in [5.74, 6) is -0.847. The molecule has 0 aliphatic carbocycles. The number of carboxylic acids is 1. The number of hydrogen-bond acceptors (Lipinski definition) is 2. The zero-order chi connectivity index (χ0) is 5.98. The van der Waals surface area contributed by atoms with Crippen molar-refractivity contribution in [2.45, 2.75) is 0 Å². The zero-order valence-corrected chi connectivity index (χ0v) is 7.62. The molecule has 0 amide bonds. The Morgan fingerprint density at radius 2 is 2.33 bits per heavy atom. The third-order valence-corrected chi connectivity index (χ3v) is 1.59. The van der Waals surface area contributed by atoms with E-state index >= 15 is 0 Å². The first kappa shape index (κ1) is 9.75. The molecule has 0 aromatic carbocycles. The van der Waals surface area contributed by atoms with Crippen LogP contribution < -0.4 is 0 Å². The first-order chi connectivity index (χ1) is 3.80. The van der Waals surface area contributed by atoms with Crippen LogP contribution in [0.1, 0.15) is 9.67 Å². The van der Waals surface area contributed by atoms with Crippen LogP contribution in [0.4, 0.5) is 0 Å². The van der Waals surface area contributed by atoms with Gasteiger partial charge in [-0.1, -0.05) is 6.07 Å². The molecule has 1 heterocycles. The molecule has 4 heteroatoms. The zero-order valence-electron chi connectivity index (χ0n) is 4.37. The number of thiophene rings is 1. The van der Waals surface area contributed by atoms with E-state index in [9.17, 15) is 4.79 Å². The van der Waals surface area contributed by atoms with Gasteiger partial charge in [0.25, 0.3) is 0 Å². The van der Waals surface area contributed by atoms with Gasteiger partial charge < -0.3 is 5.11 Å². The molecule has 1 aromatic rings. The van der Waals surface area contributed by atoms with E-state index in [1.54, 1.807) is 17.5 Å². The molecule has 0 saturated heterocycles. The fourth-order valence-electron chi connectivity index (χ4n) is 0.400. The molecule has 0 saturated carbocycles. The first-order valence-electron chi connectivity index (χ1n) is 2.07. The van der Waals surface area contributed by atoms with E-state index in [1.807, 2.05) is 0 Å². The Bertz CT molecular complexity index is 183. The van der Waals surface area contributed by atoms with Crippen molar-refractivity contribution in [1.82, 2.24) is 0 Å². The molecule has 0 atom stereocenters. The summed E-state index contributed by atoms with van der Waals surface area (Å²) >= 11 is 1.23. The van der Waals surface area contributed by atoms with E-state index in [1.165, 1.54) is 11.3 Å². The number of carboxylic acid groups (broad SMARTS) is 1. The van der Waals surface area contributed by atoms with E-state index in [4.69, 9.17) is 5.11 Å². The minimum absolute atomic E-state index is 0. The molecule has 0 aliphatic rings. The summed E-state index contributed by atoms with van der Waals surface area (Å²) in [5.41, 5.74) is 0. The molecule has 2 nitrogen and oxygen atoms in total. The average Bonchev–Trinajstić information content (AvgIpc) is 2.12. The molecule has 49 valence electrons. The van der Waals surface area contributed by atoms with Crippen LogP contribution in [0, 0.1) is 49.4 Å². The molecule has 0 bridgehead atoms. The van der Waals surface area contributed by atoms with Crippen molar-refractivity contribution in [3.8, 4) is 0 Å². The third kappa shape index (κ3) is 2.89. The Morgan fingerprint density at radius 1 is 1.67 bits per heavy atom. The van der Waals surface area contributed by atoms with Crippen LogP contribution in [-0.2, 0) is 0 Å². The first-order valence-corrected chi connectivity index (χ1v) is 2.95. The van der Waals surface area contributed by atoms with Gasteiger partial charge in [-0.05, 0) is 11.4 Å². The summed E-state index contributed by atoms with van der Waals surface area (Å²) in [6.45, 7) is 0. The maximum absolute atomic E-state index is 10.1. The second-order valence-corrected chi connectivity index (χ2v) is 2.23. The van der Waals surface area contributed by atoms with Crippen molar-refractivity contribution in [3.05, 3.63) is 22.4 Å². The standard InChI is InChI=1S/C5H4O2S.Eu/c6-5(7)4-2-1-3-8-4;/h1-3H,(H,6,7);. The Labute approximate surface area is 97.4 Å². The number of hydrogen-bond donors (Lipinski definition) is 1. The number of carbonyl (C=O) groups is 1. The molecule has 1 aromatic heterocycles. The molecule has 0 fully saturated rings. The van der Waals surface area contributed by atoms with Crippen LogP contribution in [-0.4, -0.2) is 11.1 Å². The molecule has 1 rings (SSSR count). The van der Waals surface area contributed by atoms with Crippen LogP contribution in [0.15, 0.2) is 17.5 Å². The van der Waals surface area contributed by atoms with E-state index in [2.05, 4.69) is 0 Å². The van der Waals surface area contributed by atoms with Gasteiger partial charge in [0, 0.05) is 49.4 Å². The van der Waals surface area contributed by atoms with Gasteiger partial charge in [-0.2, -0.15) is 0 Å². The average molecular weight is 280 g/mol. The van der Waals surface area contributed by atoms with E-state index in [0.717, 1.165) is 0 Å². The molecule has 0 unspecified atom stereocenters. The van der Waals surface area contributed by atoms with Crippen LogP contribution in [0.5, 0.6) is 0 Å².